The van der Waals surface area contributed by atoms with E-state index < -0.39 is 5.79 Å². The van der Waals surface area contributed by atoms with Crippen LogP contribution in [-0.2, 0) is 15.9 Å². The standard InChI is InChI=1S/C14H18ClO2/c1-4-12-13(17-14(2,3)16-12)9-10-7-5-6-8-11(10)15/h5-8,12-13H,1,4,9H2,2-3H3. The lowest BCUT2D eigenvalue weighted by molar-refractivity contribution is -0.145. The Balaban J connectivity index is 2.11. The topological polar surface area (TPSA) is 18.5 Å². The first kappa shape index (κ1) is 12.9. The van der Waals surface area contributed by atoms with Crippen molar-refractivity contribution < 1.29 is 9.47 Å². The molecule has 0 amide bonds. The Morgan fingerprint density at radius 2 is 1.88 bits per heavy atom. The van der Waals surface area contributed by atoms with E-state index in [9.17, 15) is 0 Å². The smallest absolute Gasteiger partial charge is 0.163 e. The zero-order chi connectivity index (χ0) is 12.5. The molecule has 0 aliphatic carbocycles. The maximum atomic E-state index is 6.15. The predicted octanol–water partition coefficient (Wildman–Crippen LogP) is 3.63. The highest BCUT2D eigenvalue weighted by Gasteiger charge is 2.40. The van der Waals surface area contributed by atoms with Gasteiger partial charge < -0.3 is 9.47 Å². The molecule has 1 fully saturated rings. The van der Waals surface area contributed by atoms with Gasteiger partial charge in [0.15, 0.2) is 5.79 Å². The van der Waals surface area contributed by atoms with Gasteiger partial charge in [-0.15, -0.1) is 0 Å². The van der Waals surface area contributed by atoms with Crippen molar-refractivity contribution in [1.29, 1.82) is 0 Å². The lowest BCUT2D eigenvalue weighted by Gasteiger charge is -2.17. The molecule has 1 aliphatic rings. The predicted molar refractivity (Wildman–Crippen MR) is 69.0 cm³/mol. The van der Waals surface area contributed by atoms with E-state index in [0.29, 0.717) is 6.42 Å². The van der Waals surface area contributed by atoms with Gasteiger partial charge in [-0.1, -0.05) is 36.7 Å². The van der Waals surface area contributed by atoms with E-state index >= 15 is 0 Å². The van der Waals surface area contributed by atoms with Crippen LogP contribution in [-0.4, -0.2) is 18.0 Å². The summed E-state index contributed by atoms with van der Waals surface area (Å²) in [6.45, 7) is 7.78. The fourth-order valence-corrected chi connectivity index (χ4v) is 2.42. The molecule has 93 valence electrons. The van der Waals surface area contributed by atoms with E-state index in [4.69, 9.17) is 21.1 Å². The van der Waals surface area contributed by atoms with E-state index in [1.54, 1.807) is 0 Å². The molecule has 17 heavy (non-hydrogen) atoms. The van der Waals surface area contributed by atoms with Crippen LogP contribution in [0.25, 0.3) is 0 Å². The summed E-state index contributed by atoms with van der Waals surface area (Å²) in [5, 5.41) is 0.781. The second-order valence-corrected chi connectivity index (χ2v) is 5.20. The molecular weight excluding hydrogens is 236 g/mol. The third-order valence-electron chi connectivity index (χ3n) is 2.95. The van der Waals surface area contributed by atoms with Crippen molar-refractivity contribution in [3.8, 4) is 0 Å². The molecule has 2 unspecified atom stereocenters. The molecule has 1 radical (unpaired) electrons. The van der Waals surface area contributed by atoms with E-state index in [0.717, 1.165) is 17.0 Å². The largest absolute Gasteiger partial charge is 0.345 e. The molecule has 1 aliphatic heterocycles. The molecular formula is C14H18ClO2. The van der Waals surface area contributed by atoms with Crippen LogP contribution >= 0.6 is 11.6 Å². The minimum absolute atomic E-state index is 0.0300. The van der Waals surface area contributed by atoms with E-state index in [2.05, 4.69) is 6.92 Å². The van der Waals surface area contributed by atoms with Gasteiger partial charge in [-0.3, -0.25) is 0 Å². The van der Waals surface area contributed by atoms with Gasteiger partial charge >= 0.3 is 0 Å². The van der Waals surface area contributed by atoms with Gasteiger partial charge in [0.25, 0.3) is 0 Å². The quantitative estimate of drug-likeness (QED) is 0.819. The Labute approximate surface area is 108 Å². The van der Waals surface area contributed by atoms with Gasteiger partial charge in [-0.25, -0.2) is 0 Å². The van der Waals surface area contributed by atoms with Crippen LogP contribution in [0.2, 0.25) is 5.02 Å². The van der Waals surface area contributed by atoms with Crippen molar-refractivity contribution >= 4 is 11.6 Å². The SMILES string of the molecule is [CH2]CC1OC(C)(C)OC1Cc1ccccc1Cl. The van der Waals surface area contributed by atoms with E-state index in [-0.39, 0.29) is 12.2 Å². The molecule has 1 heterocycles. The van der Waals surface area contributed by atoms with E-state index in [1.807, 2.05) is 38.1 Å². The zero-order valence-electron chi connectivity index (χ0n) is 10.3. The van der Waals surface area contributed by atoms with Gasteiger partial charge in [0.05, 0.1) is 12.2 Å². The van der Waals surface area contributed by atoms with Crippen LogP contribution in [0, 0.1) is 6.92 Å². The Bertz CT molecular complexity index is 390. The van der Waals surface area contributed by atoms with Crippen LogP contribution in [0.1, 0.15) is 25.8 Å². The van der Waals surface area contributed by atoms with Crippen LogP contribution in [0.5, 0.6) is 0 Å². The molecule has 2 nitrogen and oxygen atoms in total. The lowest BCUT2D eigenvalue weighted by atomic mass is 10.0. The summed E-state index contributed by atoms with van der Waals surface area (Å²) in [6.07, 6.45) is 1.55. The second kappa shape index (κ2) is 4.97. The highest BCUT2D eigenvalue weighted by molar-refractivity contribution is 6.31. The Morgan fingerprint density at radius 1 is 1.24 bits per heavy atom. The summed E-state index contributed by atoms with van der Waals surface area (Å²) in [5.41, 5.74) is 1.10. The third kappa shape index (κ3) is 3.01. The Kier molecular flexibility index (Phi) is 3.76. The number of hydrogen-bond donors (Lipinski definition) is 0. The maximum absolute atomic E-state index is 6.15. The minimum atomic E-state index is -0.520. The molecule has 1 aromatic carbocycles. The molecule has 0 bridgehead atoms. The molecule has 0 aromatic heterocycles. The molecule has 1 saturated heterocycles. The summed E-state index contributed by atoms with van der Waals surface area (Å²) in [7, 11) is 0. The van der Waals surface area contributed by atoms with Gasteiger partial charge in [-0.2, -0.15) is 0 Å². The van der Waals surface area contributed by atoms with Crippen molar-refractivity contribution in [1.82, 2.24) is 0 Å². The van der Waals surface area contributed by atoms with Crippen LogP contribution in [0.3, 0.4) is 0 Å². The van der Waals surface area contributed by atoms with E-state index in [1.165, 1.54) is 0 Å². The molecule has 2 atom stereocenters. The number of rotatable bonds is 3. The van der Waals surface area contributed by atoms with Gasteiger partial charge in [0.2, 0.25) is 0 Å². The average molecular weight is 254 g/mol. The Morgan fingerprint density at radius 3 is 2.53 bits per heavy atom. The number of benzene rings is 1. The monoisotopic (exact) mass is 253 g/mol. The average Bonchev–Trinajstić information content (AvgIpc) is 2.56. The highest BCUT2D eigenvalue weighted by Crippen LogP contribution is 2.32. The summed E-state index contributed by atoms with van der Waals surface area (Å²) < 4.78 is 11.7. The number of hydrogen-bond acceptors (Lipinski definition) is 2. The van der Waals surface area contributed by atoms with Gasteiger partial charge in [0.1, 0.15) is 0 Å². The zero-order valence-corrected chi connectivity index (χ0v) is 11.0. The van der Waals surface area contributed by atoms with Crippen molar-refractivity contribution in [3.05, 3.63) is 41.8 Å². The van der Waals surface area contributed by atoms with Crippen LogP contribution in [0.4, 0.5) is 0 Å². The summed E-state index contributed by atoms with van der Waals surface area (Å²) in [6, 6.07) is 7.84. The first-order valence-electron chi connectivity index (χ1n) is 5.90. The Hall–Kier alpha value is -0.570. The van der Waals surface area contributed by atoms with Gasteiger partial charge in [0, 0.05) is 11.4 Å². The fourth-order valence-electron chi connectivity index (χ4n) is 2.21. The molecule has 3 heteroatoms. The lowest BCUT2D eigenvalue weighted by Crippen LogP contribution is -2.24. The van der Waals surface area contributed by atoms with Gasteiger partial charge in [-0.05, 0) is 31.9 Å². The molecule has 2 rings (SSSR count). The maximum Gasteiger partial charge on any atom is 0.163 e. The second-order valence-electron chi connectivity index (χ2n) is 4.80. The minimum Gasteiger partial charge on any atom is -0.345 e. The van der Waals surface area contributed by atoms with Crippen molar-refractivity contribution in [2.45, 2.75) is 44.7 Å². The molecule has 0 spiro atoms. The van der Waals surface area contributed by atoms with Crippen LogP contribution < -0.4 is 0 Å². The third-order valence-corrected chi connectivity index (χ3v) is 3.32. The first-order chi connectivity index (χ1) is 8.02. The molecule has 0 N–H and O–H groups in total. The summed E-state index contributed by atoms with van der Waals surface area (Å²) in [4.78, 5) is 0. The van der Waals surface area contributed by atoms with Crippen molar-refractivity contribution in [2.24, 2.45) is 0 Å². The first-order valence-corrected chi connectivity index (χ1v) is 6.28. The number of ether oxygens (including phenoxy) is 2. The summed E-state index contributed by atoms with van der Waals surface area (Å²) >= 11 is 6.15. The van der Waals surface area contributed by atoms with Crippen molar-refractivity contribution in [3.63, 3.8) is 0 Å². The normalized spacial score (nSPS) is 27.3. The number of halogens is 1. The summed E-state index contributed by atoms with van der Waals surface area (Å²) in [5.74, 6) is -0.520. The van der Waals surface area contributed by atoms with Crippen molar-refractivity contribution in [2.75, 3.05) is 0 Å². The highest BCUT2D eigenvalue weighted by atomic mass is 35.5. The fraction of sp³-hybridized carbons (Fsp3) is 0.500. The molecule has 0 saturated carbocycles. The molecule has 1 aromatic rings. The van der Waals surface area contributed by atoms with Crippen LogP contribution in [0.15, 0.2) is 24.3 Å².